The molecule has 1 unspecified atom stereocenters. The van der Waals surface area contributed by atoms with Crippen LogP contribution in [0, 0.1) is 0 Å². The zero-order valence-corrected chi connectivity index (χ0v) is 12.4. The highest BCUT2D eigenvalue weighted by Crippen LogP contribution is 2.25. The van der Waals surface area contributed by atoms with Gasteiger partial charge in [0.05, 0.1) is 16.1 Å². The number of carbonyl (C=O) groups is 1. The number of carbonyl (C=O) groups excluding carboxylic acids is 1. The number of amides is 1. The van der Waals surface area contributed by atoms with Crippen LogP contribution in [0.25, 0.3) is 0 Å². The summed E-state index contributed by atoms with van der Waals surface area (Å²) >= 11 is 11.8. The van der Waals surface area contributed by atoms with E-state index in [1.165, 1.54) is 12.8 Å². The van der Waals surface area contributed by atoms with Gasteiger partial charge in [-0.3, -0.25) is 4.79 Å². The Morgan fingerprint density at radius 2 is 2.11 bits per heavy atom. The molecule has 1 fully saturated rings. The van der Waals surface area contributed by atoms with Crippen molar-refractivity contribution in [2.24, 2.45) is 0 Å². The van der Waals surface area contributed by atoms with Crippen molar-refractivity contribution in [3.63, 3.8) is 0 Å². The molecule has 5 heteroatoms. The van der Waals surface area contributed by atoms with E-state index in [0.717, 1.165) is 12.1 Å². The molecule has 0 bridgehead atoms. The minimum absolute atomic E-state index is 0.0479. The summed E-state index contributed by atoms with van der Waals surface area (Å²) in [6.07, 6.45) is 2.98. The molecule has 19 heavy (non-hydrogen) atoms. The second-order valence-electron chi connectivity index (χ2n) is 4.94. The van der Waals surface area contributed by atoms with Crippen LogP contribution in [0.2, 0.25) is 10.0 Å². The van der Waals surface area contributed by atoms with Gasteiger partial charge in [0.2, 0.25) is 5.91 Å². The molecule has 3 nitrogen and oxygen atoms in total. The van der Waals surface area contributed by atoms with E-state index in [-0.39, 0.29) is 11.9 Å². The first-order chi connectivity index (χ1) is 9.06. The predicted molar refractivity (Wildman–Crippen MR) is 78.7 cm³/mol. The van der Waals surface area contributed by atoms with Gasteiger partial charge in [-0.15, -0.1) is 0 Å². The Balaban J connectivity index is 1.79. The normalized spacial score (nSPS) is 16.2. The van der Waals surface area contributed by atoms with Gasteiger partial charge in [0.25, 0.3) is 0 Å². The number of benzene rings is 1. The molecule has 2 N–H and O–H groups in total. The van der Waals surface area contributed by atoms with Crippen molar-refractivity contribution >= 4 is 29.1 Å². The molecule has 1 aliphatic carbocycles. The quantitative estimate of drug-likeness (QED) is 0.846. The lowest BCUT2D eigenvalue weighted by atomic mass is 10.1. The van der Waals surface area contributed by atoms with Gasteiger partial charge in [-0.05, 0) is 37.5 Å². The van der Waals surface area contributed by atoms with Crippen LogP contribution in [0.5, 0.6) is 0 Å². The average Bonchev–Trinajstić information content (AvgIpc) is 3.16. The number of rotatable bonds is 6. The monoisotopic (exact) mass is 300 g/mol. The van der Waals surface area contributed by atoms with Gasteiger partial charge in [-0.1, -0.05) is 29.3 Å². The van der Waals surface area contributed by atoms with Gasteiger partial charge in [0.15, 0.2) is 0 Å². The minimum Gasteiger partial charge on any atom is -0.350 e. The molecule has 104 valence electrons. The summed E-state index contributed by atoms with van der Waals surface area (Å²) in [6.45, 7) is 2.68. The van der Waals surface area contributed by atoms with Crippen LogP contribution in [0.15, 0.2) is 18.2 Å². The highest BCUT2D eigenvalue weighted by atomic mass is 35.5. The molecule has 1 aliphatic rings. The number of hydrogen-bond donors (Lipinski definition) is 2. The smallest absolute Gasteiger partial charge is 0.221 e. The van der Waals surface area contributed by atoms with Crippen molar-refractivity contribution < 1.29 is 4.79 Å². The molecule has 1 aromatic carbocycles. The molecule has 0 radical (unpaired) electrons. The van der Waals surface area contributed by atoms with Gasteiger partial charge in [0.1, 0.15) is 0 Å². The van der Waals surface area contributed by atoms with E-state index in [4.69, 9.17) is 23.2 Å². The summed E-state index contributed by atoms with van der Waals surface area (Å²) < 4.78 is 0. The van der Waals surface area contributed by atoms with Crippen LogP contribution in [0.1, 0.15) is 37.8 Å². The van der Waals surface area contributed by atoms with E-state index in [1.807, 2.05) is 13.0 Å². The Kier molecular flexibility index (Phi) is 5.08. The van der Waals surface area contributed by atoms with Crippen LogP contribution in [0.3, 0.4) is 0 Å². The van der Waals surface area contributed by atoms with Crippen LogP contribution in [0.4, 0.5) is 0 Å². The molecular weight excluding hydrogens is 283 g/mol. The third-order valence-corrected chi connectivity index (χ3v) is 3.92. The molecule has 0 spiro atoms. The summed E-state index contributed by atoms with van der Waals surface area (Å²) in [5.41, 5.74) is 0.956. The summed E-state index contributed by atoms with van der Waals surface area (Å²) in [6, 6.07) is 5.98. The zero-order chi connectivity index (χ0) is 13.8. The maximum absolute atomic E-state index is 11.8. The Bertz CT molecular complexity index is 461. The number of hydrogen-bond acceptors (Lipinski definition) is 2. The van der Waals surface area contributed by atoms with E-state index < -0.39 is 0 Å². The number of halogens is 2. The molecule has 1 atom stereocenters. The molecule has 2 rings (SSSR count). The first-order valence-corrected chi connectivity index (χ1v) is 7.29. The third-order valence-electron chi connectivity index (χ3n) is 3.18. The van der Waals surface area contributed by atoms with Crippen LogP contribution in [-0.2, 0) is 4.79 Å². The molecule has 0 heterocycles. The van der Waals surface area contributed by atoms with E-state index in [0.29, 0.717) is 22.5 Å². The first kappa shape index (κ1) is 14.6. The maximum Gasteiger partial charge on any atom is 0.221 e. The topological polar surface area (TPSA) is 41.1 Å². The van der Waals surface area contributed by atoms with Crippen LogP contribution in [-0.4, -0.2) is 18.5 Å². The van der Waals surface area contributed by atoms with E-state index in [9.17, 15) is 4.79 Å². The van der Waals surface area contributed by atoms with Crippen LogP contribution >= 0.6 is 23.2 Å². The fourth-order valence-corrected chi connectivity index (χ4v) is 2.16. The third kappa shape index (κ3) is 4.68. The van der Waals surface area contributed by atoms with Gasteiger partial charge < -0.3 is 10.6 Å². The first-order valence-electron chi connectivity index (χ1n) is 6.54. The summed E-state index contributed by atoms with van der Waals surface area (Å²) in [4.78, 5) is 11.8. The second-order valence-corrected chi connectivity index (χ2v) is 5.76. The standard InChI is InChI=1S/C14H18Cl2N2O/c1-9(10-2-5-12(15)13(16)8-10)18-14(19)6-7-17-11-3-4-11/h2,5,8-9,11,17H,3-4,6-7H2,1H3,(H,18,19). The highest BCUT2D eigenvalue weighted by Gasteiger charge is 2.20. The maximum atomic E-state index is 11.8. The lowest BCUT2D eigenvalue weighted by molar-refractivity contribution is -0.121. The predicted octanol–water partition coefficient (Wildman–Crippen LogP) is 3.31. The zero-order valence-electron chi connectivity index (χ0n) is 10.9. The van der Waals surface area contributed by atoms with Gasteiger partial charge in [-0.25, -0.2) is 0 Å². The van der Waals surface area contributed by atoms with Gasteiger partial charge in [0, 0.05) is 19.0 Å². The summed E-state index contributed by atoms with van der Waals surface area (Å²) in [7, 11) is 0. The summed E-state index contributed by atoms with van der Waals surface area (Å²) in [5.74, 6) is 0.0479. The average molecular weight is 301 g/mol. The Morgan fingerprint density at radius 3 is 2.74 bits per heavy atom. The van der Waals surface area contributed by atoms with E-state index in [1.54, 1.807) is 12.1 Å². The van der Waals surface area contributed by atoms with Crippen molar-refractivity contribution in [1.29, 1.82) is 0 Å². The molecule has 1 amide bonds. The lowest BCUT2D eigenvalue weighted by Crippen LogP contribution is -2.30. The van der Waals surface area contributed by atoms with Gasteiger partial charge in [-0.2, -0.15) is 0 Å². The largest absolute Gasteiger partial charge is 0.350 e. The van der Waals surface area contributed by atoms with Crippen molar-refractivity contribution in [2.75, 3.05) is 6.54 Å². The van der Waals surface area contributed by atoms with E-state index >= 15 is 0 Å². The Morgan fingerprint density at radius 1 is 1.37 bits per heavy atom. The number of nitrogens with one attached hydrogen (secondary N) is 2. The summed E-state index contributed by atoms with van der Waals surface area (Å²) in [5, 5.41) is 7.31. The molecule has 1 aromatic rings. The minimum atomic E-state index is -0.0665. The Hall–Kier alpha value is -0.770. The molecule has 0 aliphatic heterocycles. The van der Waals surface area contributed by atoms with Crippen LogP contribution < -0.4 is 10.6 Å². The molecule has 0 saturated heterocycles. The van der Waals surface area contributed by atoms with E-state index in [2.05, 4.69) is 10.6 Å². The lowest BCUT2D eigenvalue weighted by Gasteiger charge is -2.15. The molecule has 0 aromatic heterocycles. The fourth-order valence-electron chi connectivity index (χ4n) is 1.86. The molecular formula is C14H18Cl2N2O. The second kappa shape index (κ2) is 6.60. The van der Waals surface area contributed by atoms with Crippen molar-refractivity contribution in [1.82, 2.24) is 10.6 Å². The van der Waals surface area contributed by atoms with Gasteiger partial charge >= 0.3 is 0 Å². The van der Waals surface area contributed by atoms with Crippen molar-refractivity contribution in [3.8, 4) is 0 Å². The van der Waals surface area contributed by atoms with Crippen molar-refractivity contribution in [3.05, 3.63) is 33.8 Å². The van der Waals surface area contributed by atoms with Crippen molar-refractivity contribution in [2.45, 2.75) is 38.3 Å². The highest BCUT2D eigenvalue weighted by molar-refractivity contribution is 6.42. The Labute approximate surface area is 123 Å². The fraction of sp³-hybridized carbons (Fsp3) is 0.500. The SMILES string of the molecule is CC(NC(=O)CCNC1CC1)c1ccc(Cl)c(Cl)c1. The molecule has 1 saturated carbocycles.